The lowest BCUT2D eigenvalue weighted by Crippen LogP contribution is -2.40. The van der Waals surface area contributed by atoms with Crippen LogP contribution < -0.4 is 11.2 Å². The van der Waals surface area contributed by atoms with Gasteiger partial charge in [0.05, 0.1) is 0 Å². The van der Waals surface area contributed by atoms with E-state index in [9.17, 15) is 14.0 Å². The third-order valence-electron chi connectivity index (χ3n) is 5.04. The molecule has 26 heavy (non-hydrogen) atoms. The van der Waals surface area contributed by atoms with Crippen LogP contribution in [0.3, 0.4) is 0 Å². The van der Waals surface area contributed by atoms with E-state index in [1.54, 1.807) is 13.1 Å². The average molecular weight is 360 g/mol. The SMILES string of the molecule is Cn1c(CN2CCCN(Cc3ccccc3F)CC2)cc(=O)n(C)c1=O. The van der Waals surface area contributed by atoms with E-state index in [2.05, 4.69) is 9.80 Å². The maximum Gasteiger partial charge on any atom is 0.330 e. The van der Waals surface area contributed by atoms with Gasteiger partial charge in [-0.25, -0.2) is 9.18 Å². The van der Waals surface area contributed by atoms with Gasteiger partial charge in [-0.1, -0.05) is 18.2 Å². The second-order valence-corrected chi connectivity index (χ2v) is 6.87. The van der Waals surface area contributed by atoms with Crippen LogP contribution in [0.5, 0.6) is 0 Å². The summed E-state index contributed by atoms with van der Waals surface area (Å²) in [6.45, 7) is 4.60. The third kappa shape index (κ3) is 4.11. The van der Waals surface area contributed by atoms with Crippen molar-refractivity contribution < 1.29 is 4.39 Å². The Hall–Kier alpha value is -2.25. The maximum absolute atomic E-state index is 13.9. The summed E-state index contributed by atoms with van der Waals surface area (Å²) in [5, 5.41) is 0. The Morgan fingerprint density at radius 2 is 1.58 bits per heavy atom. The van der Waals surface area contributed by atoms with E-state index in [1.165, 1.54) is 23.7 Å². The number of rotatable bonds is 4. The molecule has 140 valence electrons. The number of hydrogen-bond acceptors (Lipinski definition) is 4. The Bertz CT molecular complexity index is 890. The topological polar surface area (TPSA) is 50.5 Å². The van der Waals surface area contributed by atoms with Crippen LogP contribution in [0, 0.1) is 5.82 Å². The molecule has 1 aliphatic rings. The zero-order valence-electron chi connectivity index (χ0n) is 15.3. The number of hydrogen-bond donors (Lipinski definition) is 0. The van der Waals surface area contributed by atoms with Gasteiger partial charge in [-0.3, -0.25) is 23.7 Å². The lowest BCUT2D eigenvalue weighted by Gasteiger charge is -2.22. The Labute approximate surface area is 152 Å². The Kier molecular flexibility index (Phi) is 5.68. The van der Waals surface area contributed by atoms with E-state index >= 15 is 0 Å². The molecule has 7 heteroatoms. The molecular formula is C19H25FN4O2. The molecule has 0 radical (unpaired) electrons. The van der Waals surface area contributed by atoms with Gasteiger partial charge in [-0.15, -0.1) is 0 Å². The molecule has 3 rings (SSSR count). The molecular weight excluding hydrogens is 335 g/mol. The third-order valence-corrected chi connectivity index (χ3v) is 5.04. The summed E-state index contributed by atoms with van der Waals surface area (Å²) in [4.78, 5) is 28.5. The van der Waals surface area contributed by atoms with Crippen LogP contribution in [0.2, 0.25) is 0 Å². The Morgan fingerprint density at radius 3 is 2.27 bits per heavy atom. The zero-order chi connectivity index (χ0) is 18.7. The summed E-state index contributed by atoms with van der Waals surface area (Å²) >= 11 is 0. The first-order chi connectivity index (χ1) is 12.5. The first-order valence-electron chi connectivity index (χ1n) is 8.90. The summed E-state index contributed by atoms with van der Waals surface area (Å²) < 4.78 is 16.5. The standard InChI is InChI=1S/C19H25FN4O2/c1-21-16(12-18(25)22(2)19(21)26)14-24-9-5-8-23(10-11-24)13-15-6-3-4-7-17(15)20/h3-4,6-7,12H,5,8-11,13-14H2,1-2H3. The molecule has 2 heterocycles. The van der Waals surface area contributed by atoms with Crippen molar-refractivity contribution in [3.63, 3.8) is 0 Å². The van der Waals surface area contributed by atoms with Crippen LogP contribution in [0.25, 0.3) is 0 Å². The van der Waals surface area contributed by atoms with E-state index < -0.39 is 0 Å². The molecule has 0 atom stereocenters. The van der Waals surface area contributed by atoms with Gasteiger partial charge in [-0.05, 0) is 25.6 Å². The van der Waals surface area contributed by atoms with Crippen LogP contribution in [-0.2, 0) is 27.2 Å². The van der Waals surface area contributed by atoms with Crippen molar-refractivity contribution in [3.05, 3.63) is 68.2 Å². The summed E-state index contributed by atoms with van der Waals surface area (Å²) in [5.74, 6) is -0.163. The lowest BCUT2D eigenvalue weighted by atomic mass is 10.2. The number of aromatic nitrogens is 2. The molecule has 6 nitrogen and oxygen atoms in total. The van der Waals surface area contributed by atoms with E-state index in [4.69, 9.17) is 0 Å². The summed E-state index contributed by atoms with van der Waals surface area (Å²) in [7, 11) is 3.18. The number of benzene rings is 1. The van der Waals surface area contributed by atoms with Crippen molar-refractivity contribution in [2.75, 3.05) is 26.2 Å². The fourth-order valence-corrected chi connectivity index (χ4v) is 3.37. The van der Waals surface area contributed by atoms with Gasteiger partial charge in [0, 0.05) is 57.6 Å². The second-order valence-electron chi connectivity index (χ2n) is 6.87. The molecule has 2 aromatic rings. The quantitative estimate of drug-likeness (QED) is 0.814. The van der Waals surface area contributed by atoms with Crippen molar-refractivity contribution in [3.8, 4) is 0 Å². The molecule has 1 saturated heterocycles. The fourth-order valence-electron chi connectivity index (χ4n) is 3.37. The van der Waals surface area contributed by atoms with Crippen molar-refractivity contribution in [1.82, 2.24) is 18.9 Å². The smallest absolute Gasteiger partial charge is 0.299 e. The summed E-state index contributed by atoms with van der Waals surface area (Å²) in [5.41, 5.74) is 0.859. The Balaban J connectivity index is 1.65. The summed E-state index contributed by atoms with van der Waals surface area (Å²) in [6, 6.07) is 8.42. The van der Waals surface area contributed by atoms with Crippen molar-refractivity contribution in [1.29, 1.82) is 0 Å². The van der Waals surface area contributed by atoms with Gasteiger partial charge in [0.15, 0.2) is 0 Å². The second kappa shape index (κ2) is 7.97. The highest BCUT2D eigenvalue weighted by molar-refractivity contribution is 5.17. The van der Waals surface area contributed by atoms with Gasteiger partial charge in [-0.2, -0.15) is 0 Å². The molecule has 0 N–H and O–H groups in total. The highest BCUT2D eigenvalue weighted by Gasteiger charge is 2.17. The Morgan fingerprint density at radius 1 is 0.923 bits per heavy atom. The lowest BCUT2D eigenvalue weighted by molar-refractivity contribution is 0.241. The maximum atomic E-state index is 13.9. The summed E-state index contributed by atoms with van der Waals surface area (Å²) in [6.07, 6.45) is 0.966. The van der Waals surface area contributed by atoms with Crippen molar-refractivity contribution in [2.24, 2.45) is 14.1 Å². The molecule has 1 aromatic heterocycles. The van der Waals surface area contributed by atoms with Crippen LogP contribution in [0.4, 0.5) is 4.39 Å². The zero-order valence-corrected chi connectivity index (χ0v) is 15.3. The van der Waals surface area contributed by atoms with Gasteiger partial charge in [0.2, 0.25) is 0 Å². The minimum Gasteiger partial charge on any atom is -0.299 e. The predicted octanol–water partition coefficient (Wildman–Crippen LogP) is 0.931. The van der Waals surface area contributed by atoms with E-state index in [-0.39, 0.29) is 17.1 Å². The number of halogens is 1. The minimum absolute atomic E-state index is 0.163. The minimum atomic E-state index is -0.302. The molecule has 1 fully saturated rings. The highest BCUT2D eigenvalue weighted by atomic mass is 19.1. The molecule has 0 bridgehead atoms. The van der Waals surface area contributed by atoms with E-state index in [1.807, 2.05) is 12.1 Å². The highest BCUT2D eigenvalue weighted by Crippen LogP contribution is 2.13. The largest absolute Gasteiger partial charge is 0.330 e. The van der Waals surface area contributed by atoms with Crippen molar-refractivity contribution in [2.45, 2.75) is 19.5 Å². The fraction of sp³-hybridized carbons (Fsp3) is 0.474. The van der Waals surface area contributed by atoms with Gasteiger partial charge >= 0.3 is 5.69 Å². The number of nitrogens with zero attached hydrogens (tertiary/aromatic N) is 4. The van der Waals surface area contributed by atoms with Crippen LogP contribution >= 0.6 is 0 Å². The van der Waals surface area contributed by atoms with Crippen LogP contribution in [0.1, 0.15) is 17.7 Å². The molecule has 1 aliphatic heterocycles. The first-order valence-corrected chi connectivity index (χ1v) is 8.90. The van der Waals surface area contributed by atoms with E-state index in [0.29, 0.717) is 13.1 Å². The van der Waals surface area contributed by atoms with Crippen LogP contribution in [-0.4, -0.2) is 45.1 Å². The van der Waals surface area contributed by atoms with Gasteiger partial charge in [0.25, 0.3) is 5.56 Å². The predicted molar refractivity (Wildman–Crippen MR) is 98.5 cm³/mol. The molecule has 0 amide bonds. The van der Waals surface area contributed by atoms with E-state index in [0.717, 1.165) is 48.4 Å². The molecule has 1 aromatic carbocycles. The molecule has 0 saturated carbocycles. The normalized spacial score (nSPS) is 16.6. The first kappa shape index (κ1) is 18.5. The average Bonchev–Trinajstić information content (AvgIpc) is 2.85. The molecule has 0 aliphatic carbocycles. The molecule has 0 unspecified atom stereocenters. The van der Waals surface area contributed by atoms with Crippen molar-refractivity contribution >= 4 is 0 Å². The monoisotopic (exact) mass is 360 g/mol. The van der Waals surface area contributed by atoms with Gasteiger partial charge in [0.1, 0.15) is 5.82 Å². The van der Waals surface area contributed by atoms with Crippen LogP contribution in [0.15, 0.2) is 39.9 Å². The molecule has 0 spiro atoms. The van der Waals surface area contributed by atoms with Gasteiger partial charge < -0.3 is 0 Å².